The number of β-amino-alcohol motifs (C(OH)–C–C–N with tert-alkyl or cyclic N) is 1. The first-order valence-electron chi connectivity index (χ1n) is 12.0. The van der Waals surface area contributed by atoms with Crippen molar-refractivity contribution in [1.29, 1.82) is 0 Å². The number of aliphatic hydroxyl groups excluding tert-OH is 1. The second kappa shape index (κ2) is 9.04. The Hall–Kier alpha value is -1.49. The highest BCUT2D eigenvalue weighted by Gasteiger charge is 2.47. The largest absolute Gasteiger partial charge is 0.395 e. The molecule has 4 fully saturated rings. The molecule has 4 heterocycles. The highest BCUT2D eigenvalue weighted by atomic mass is 32.2. The number of carbonyl (C=O) groups excluding carboxylic acids is 1. The number of sulfonamides is 1. The van der Waals surface area contributed by atoms with E-state index in [0.29, 0.717) is 31.0 Å². The standard InChI is InChI=1S/C22H34N4O5S/c27-10-9-25-7-5-15(6-8-25)14-32(29,30)26-18-3-4-19(26)12-17(11-18)23-22(28)20-13-21(31-24-20)16-1-2-16/h13,15-19,27H,1-12,14H2,(H,23,28)/t17-,18+,19-. The second-order valence-electron chi connectivity index (χ2n) is 10.0. The molecule has 3 saturated heterocycles. The number of aliphatic hydroxyl groups is 1. The smallest absolute Gasteiger partial charge is 0.273 e. The number of nitrogens with zero attached hydrogens (tertiary/aromatic N) is 3. The summed E-state index contributed by atoms with van der Waals surface area (Å²) in [6, 6.07) is 1.65. The van der Waals surface area contributed by atoms with Crippen molar-refractivity contribution in [2.45, 2.75) is 75.4 Å². The predicted molar refractivity (Wildman–Crippen MR) is 118 cm³/mol. The van der Waals surface area contributed by atoms with Gasteiger partial charge < -0.3 is 19.8 Å². The minimum Gasteiger partial charge on any atom is -0.395 e. The Balaban J connectivity index is 1.16. The fraction of sp³-hybridized carbons (Fsp3) is 0.818. The van der Waals surface area contributed by atoms with Crippen molar-refractivity contribution in [3.05, 3.63) is 17.5 Å². The normalized spacial score (nSPS) is 30.0. The van der Waals surface area contributed by atoms with Crippen LogP contribution in [0.25, 0.3) is 0 Å². The maximum atomic E-state index is 13.3. The van der Waals surface area contributed by atoms with Crippen LogP contribution in [0.2, 0.25) is 0 Å². The van der Waals surface area contributed by atoms with E-state index in [4.69, 9.17) is 9.63 Å². The van der Waals surface area contributed by atoms with E-state index in [2.05, 4.69) is 15.4 Å². The lowest BCUT2D eigenvalue weighted by Crippen LogP contribution is -2.53. The molecule has 9 nitrogen and oxygen atoms in total. The number of carbonyl (C=O) groups is 1. The first-order valence-corrected chi connectivity index (χ1v) is 13.7. The Bertz CT molecular complexity index is 909. The summed E-state index contributed by atoms with van der Waals surface area (Å²) in [7, 11) is -3.33. The average Bonchev–Trinajstić information content (AvgIpc) is 3.41. The fourth-order valence-corrected chi connectivity index (χ4v) is 8.22. The van der Waals surface area contributed by atoms with Crippen LogP contribution in [0.3, 0.4) is 0 Å². The van der Waals surface area contributed by atoms with Gasteiger partial charge in [-0.3, -0.25) is 4.79 Å². The Morgan fingerprint density at radius 2 is 1.81 bits per heavy atom. The van der Waals surface area contributed by atoms with Gasteiger partial charge in [0.1, 0.15) is 5.76 Å². The third kappa shape index (κ3) is 4.73. The predicted octanol–water partition coefficient (Wildman–Crippen LogP) is 1.31. The monoisotopic (exact) mass is 466 g/mol. The number of aromatic nitrogens is 1. The van der Waals surface area contributed by atoms with Crippen LogP contribution in [-0.4, -0.2) is 83.9 Å². The topological polar surface area (TPSA) is 116 Å². The zero-order chi connectivity index (χ0) is 22.3. The van der Waals surface area contributed by atoms with Gasteiger partial charge >= 0.3 is 0 Å². The van der Waals surface area contributed by atoms with Crippen LogP contribution >= 0.6 is 0 Å². The first-order chi connectivity index (χ1) is 15.4. The molecular formula is C22H34N4O5S. The van der Waals surface area contributed by atoms with Gasteiger partial charge in [-0.2, -0.15) is 4.31 Å². The van der Waals surface area contributed by atoms with E-state index in [1.165, 1.54) is 0 Å². The van der Waals surface area contributed by atoms with Gasteiger partial charge in [-0.1, -0.05) is 5.16 Å². The van der Waals surface area contributed by atoms with E-state index in [0.717, 1.165) is 57.4 Å². The molecule has 3 aliphatic heterocycles. The molecule has 178 valence electrons. The highest BCUT2D eigenvalue weighted by molar-refractivity contribution is 7.89. The minimum atomic E-state index is -3.33. The average molecular weight is 467 g/mol. The van der Waals surface area contributed by atoms with Crippen molar-refractivity contribution < 1.29 is 22.8 Å². The van der Waals surface area contributed by atoms with Crippen LogP contribution in [0, 0.1) is 5.92 Å². The van der Waals surface area contributed by atoms with E-state index in [9.17, 15) is 13.2 Å². The lowest BCUT2D eigenvalue weighted by molar-refractivity contribution is 0.0899. The number of likely N-dealkylation sites (tertiary alicyclic amines) is 1. The van der Waals surface area contributed by atoms with E-state index in [-0.39, 0.29) is 42.3 Å². The summed E-state index contributed by atoms with van der Waals surface area (Å²) in [5.41, 5.74) is 0.321. The van der Waals surface area contributed by atoms with E-state index < -0.39 is 10.0 Å². The third-order valence-corrected chi connectivity index (χ3v) is 9.76. The molecule has 1 aliphatic carbocycles. The number of amides is 1. The maximum absolute atomic E-state index is 13.3. The molecule has 0 unspecified atom stereocenters. The number of fused-ring (bicyclic) bond motifs is 2. The molecule has 1 aromatic rings. The van der Waals surface area contributed by atoms with Gasteiger partial charge in [-0.05, 0) is 70.4 Å². The third-order valence-electron chi connectivity index (χ3n) is 7.63. The number of hydrogen-bond donors (Lipinski definition) is 2. The quantitative estimate of drug-likeness (QED) is 0.593. The molecule has 1 aromatic heterocycles. The van der Waals surface area contributed by atoms with Gasteiger partial charge in [-0.25, -0.2) is 8.42 Å². The van der Waals surface area contributed by atoms with Crippen molar-refractivity contribution in [3.8, 4) is 0 Å². The first kappa shape index (κ1) is 22.3. The SMILES string of the molecule is O=C(N[C@H]1C[C@H]2CC[C@@H](C1)N2S(=O)(=O)CC1CCN(CCO)CC1)c1cc(C2CC2)on1. The summed E-state index contributed by atoms with van der Waals surface area (Å²) < 4.78 is 33.7. The Morgan fingerprint density at radius 3 is 2.44 bits per heavy atom. The Labute approximate surface area is 189 Å². The van der Waals surface area contributed by atoms with Crippen molar-refractivity contribution in [2.24, 2.45) is 5.92 Å². The van der Waals surface area contributed by atoms with Crippen LogP contribution in [0.15, 0.2) is 10.6 Å². The molecule has 2 bridgehead atoms. The highest BCUT2D eigenvalue weighted by Crippen LogP contribution is 2.41. The molecule has 0 radical (unpaired) electrons. The Kier molecular flexibility index (Phi) is 6.30. The molecule has 4 aliphatic rings. The van der Waals surface area contributed by atoms with Crippen molar-refractivity contribution >= 4 is 15.9 Å². The van der Waals surface area contributed by atoms with Crippen molar-refractivity contribution in [3.63, 3.8) is 0 Å². The molecule has 5 rings (SSSR count). The van der Waals surface area contributed by atoms with E-state index >= 15 is 0 Å². The number of piperidine rings is 2. The second-order valence-corrected chi connectivity index (χ2v) is 12.0. The zero-order valence-corrected chi connectivity index (χ0v) is 19.3. The Morgan fingerprint density at radius 1 is 1.12 bits per heavy atom. The summed E-state index contributed by atoms with van der Waals surface area (Å²) >= 11 is 0. The van der Waals surface area contributed by atoms with E-state index in [1.54, 1.807) is 10.4 Å². The summed E-state index contributed by atoms with van der Waals surface area (Å²) in [5, 5.41) is 16.1. The van der Waals surface area contributed by atoms with Gasteiger partial charge in [0.05, 0.1) is 12.4 Å². The summed E-state index contributed by atoms with van der Waals surface area (Å²) in [5.74, 6) is 1.37. The number of hydrogen-bond acceptors (Lipinski definition) is 7. The van der Waals surface area contributed by atoms with Gasteiger partial charge in [0.2, 0.25) is 10.0 Å². The molecule has 3 atom stereocenters. The molecule has 10 heteroatoms. The molecule has 1 amide bonds. The lowest BCUT2D eigenvalue weighted by atomic mass is 9.99. The van der Waals surface area contributed by atoms with Crippen LogP contribution in [-0.2, 0) is 10.0 Å². The van der Waals surface area contributed by atoms with Gasteiger partial charge in [0.25, 0.3) is 5.91 Å². The molecular weight excluding hydrogens is 432 g/mol. The molecule has 1 saturated carbocycles. The minimum absolute atomic E-state index is 0.0298. The van der Waals surface area contributed by atoms with Gasteiger partial charge in [-0.15, -0.1) is 0 Å². The molecule has 2 N–H and O–H groups in total. The summed E-state index contributed by atoms with van der Waals surface area (Å²) in [6.07, 6.45) is 6.95. The van der Waals surface area contributed by atoms with Gasteiger partial charge in [0, 0.05) is 36.7 Å². The lowest BCUT2D eigenvalue weighted by Gasteiger charge is -2.39. The fourth-order valence-electron chi connectivity index (χ4n) is 5.82. The van der Waals surface area contributed by atoms with Crippen molar-refractivity contribution in [1.82, 2.24) is 19.7 Å². The summed E-state index contributed by atoms with van der Waals surface area (Å²) in [4.78, 5) is 14.8. The maximum Gasteiger partial charge on any atom is 0.273 e. The van der Waals surface area contributed by atoms with Crippen LogP contribution in [0.5, 0.6) is 0 Å². The van der Waals surface area contributed by atoms with Crippen LogP contribution < -0.4 is 5.32 Å². The van der Waals surface area contributed by atoms with Gasteiger partial charge in [0.15, 0.2) is 5.69 Å². The van der Waals surface area contributed by atoms with E-state index in [1.807, 2.05) is 0 Å². The summed E-state index contributed by atoms with van der Waals surface area (Å²) in [6.45, 7) is 2.52. The van der Waals surface area contributed by atoms with Crippen LogP contribution in [0.1, 0.15) is 73.5 Å². The molecule has 0 spiro atoms. The molecule has 32 heavy (non-hydrogen) atoms. The number of nitrogens with one attached hydrogen (secondary N) is 1. The zero-order valence-electron chi connectivity index (χ0n) is 18.5. The van der Waals surface area contributed by atoms with Crippen molar-refractivity contribution in [2.75, 3.05) is 32.0 Å². The van der Waals surface area contributed by atoms with Crippen LogP contribution in [0.4, 0.5) is 0 Å². The number of rotatable bonds is 8. The molecule has 0 aromatic carbocycles.